The van der Waals surface area contributed by atoms with E-state index in [0.29, 0.717) is 10.7 Å². The van der Waals surface area contributed by atoms with E-state index in [2.05, 4.69) is 10.5 Å². The van der Waals surface area contributed by atoms with Gasteiger partial charge in [0.05, 0.1) is 5.71 Å². The van der Waals surface area contributed by atoms with Crippen molar-refractivity contribution < 1.29 is 4.79 Å². The van der Waals surface area contributed by atoms with Gasteiger partial charge in [-0.25, -0.2) is 10.2 Å². The van der Waals surface area contributed by atoms with Gasteiger partial charge in [0, 0.05) is 10.6 Å². The molecule has 0 radical (unpaired) electrons. The summed E-state index contributed by atoms with van der Waals surface area (Å²) in [6.45, 7) is 1.73. The van der Waals surface area contributed by atoms with Crippen molar-refractivity contribution in [3.63, 3.8) is 0 Å². The minimum Gasteiger partial charge on any atom is -0.350 e. The summed E-state index contributed by atoms with van der Waals surface area (Å²) in [6, 6.07) is 6.52. The number of nitrogens with one attached hydrogen (secondary N) is 1. The second-order valence-corrected chi connectivity index (χ2v) is 3.06. The van der Waals surface area contributed by atoms with Crippen LogP contribution in [0.15, 0.2) is 29.4 Å². The SMILES string of the molecule is C/C(=N\NC(N)=O)c1ccccc1Cl. The number of halogens is 1. The van der Waals surface area contributed by atoms with Crippen LogP contribution in [0, 0.1) is 0 Å². The summed E-state index contributed by atoms with van der Waals surface area (Å²) >= 11 is 5.91. The molecule has 74 valence electrons. The van der Waals surface area contributed by atoms with Crippen LogP contribution in [0.3, 0.4) is 0 Å². The van der Waals surface area contributed by atoms with Gasteiger partial charge in [-0.15, -0.1) is 0 Å². The van der Waals surface area contributed by atoms with E-state index >= 15 is 0 Å². The molecule has 14 heavy (non-hydrogen) atoms. The van der Waals surface area contributed by atoms with E-state index in [9.17, 15) is 4.79 Å². The fourth-order valence-electron chi connectivity index (χ4n) is 0.954. The molecule has 5 heteroatoms. The van der Waals surface area contributed by atoms with Crippen LogP contribution >= 0.6 is 11.6 Å². The number of hydrogen-bond donors (Lipinski definition) is 2. The maximum Gasteiger partial charge on any atom is 0.332 e. The third-order valence-electron chi connectivity index (χ3n) is 1.60. The van der Waals surface area contributed by atoms with Crippen molar-refractivity contribution in [2.75, 3.05) is 0 Å². The highest BCUT2D eigenvalue weighted by molar-refractivity contribution is 6.34. The monoisotopic (exact) mass is 211 g/mol. The van der Waals surface area contributed by atoms with Crippen molar-refractivity contribution in [2.45, 2.75) is 6.92 Å². The fraction of sp³-hybridized carbons (Fsp3) is 0.111. The highest BCUT2D eigenvalue weighted by atomic mass is 35.5. The van der Waals surface area contributed by atoms with Crippen molar-refractivity contribution in [1.82, 2.24) is 5.43 Å². The van der Waals surface area contributed by atoms with Crippen LogP contribution in [0.5, 0.6) is 0 Å². The van der Waals surface area contributed by atoms with E-state index in [4.69, 9.17) is 17.3 Å². The van der Waals surface area contributed by atoms with E-state index in [1.54, 1.807) is 13.0 Å². The fourth-order valence-corrected chi connectivity index (χ4v) is 1.23. The second-order valence-electron chi connectivity index (χ2n) is 2.65. The number of nitrogens with two attached hydrogens (primary N) is 1. The van der Waals surface area contributed by atoms with Gasteiger partial charge in [0.15, 0.2) is 0 Å². The first-order chi connectivity index (χ1) is 6.61. The molecular weight excluding hydrogens is 202 g/mol. The molecule has 0 fully saturated rings. The van der Waals surface area contributed by atoms with Gasteiger partial charge in [0.1, 0.15) is 0 Å². The molecule has 1 aromatic rings. The van der Waals surface area contributed by atoms with Crippen molar-refractivity contribution in [2.24, 2.45) is 10.8 Å². The summed E-state index contributed by atoms with van der Waals surface area (Å²) in [7, 11) is 0. The van der Waals surface area contributed by atoms with E-state index in [-0.39, 0.29) is 0 Å². The molecule has 0 saturated carbocycles. The number of benzene rings is 1. The van der Waals surface area contributed by atoms with Crippen molar-refractivity contribution >= 4 is 23.3 Å². The Labute approximate surface area is 86.7 Å². The highest BCUT2D eigenvalue weighted by Gasteiger charge is 2.02. The molecule has 4 nitrogen and oxygen atoms in total. The van der Waals surface area contributed by atoms with Crippen LogP contribution in [0.4, 0.5) is 4.79 Å². The molecular formula is C9H10ClN3O. The Balaban J connectivity index is 2.89. The first kappa shape index (κ1) is 10.5. The summed E-state index contributed by atoms with van der Waals surface area (Å²) in [5, 5.41) is 4.35. The van der Waals surface area contributed by atoms with Crippen LogP contribution in [0.1, 0.15) is 12.5 Å². The van der Waals surface area contributed by atoms with Crippen molar-refractivity contribution in [1.29, 1.82) is 0 Å². The lowest BCUT2D eigenvalue weighted by Gasteiger charge is -2.02. The number of primary amides is 1. The van der Waals surface area contributed by atoms with Crippen molar-refractivity contribution in [3.05, 3.63) is 34.9 Å². The summed E-state index contributed by atoms with van der Waals surface area (Å²) in [5.74, 6) is 0. The Morgan fingerprint density at radius 1 is 1.50 bits per heavy atom. The Hall–Kier alpha value is -1.55. The molecule has 0 aliphatic carbocycles. The average molecular weight is 212 g/mol. The number of carbonyl (C=O) groups is 1. The first-order valence-corrected chi connectivity index (χ1v) is 4.33. The number of hydrazone groups is 1. The van der Waals surface area contributed by atoms with Gasteiger partial charge in [-0.05, 0) is 13.0 Å². The first-order valence-electron chi connectivity index (χ1n) is 3.96. The molecule has 0 unspecified atom stereocenters. The average Bonchev–Trinajstić information content (AvgIpc) is 2.15. The molecule has 0 bridgehead atoms. The van der Waals surface area contributed by atoms with E-state index in [1.807, 2.05) is 18.2 Å². The van der Waals surface area contributed by atoms with Gasteiger partial charge in [-0.2, -0.15) is 5.10 Å². The van der Waals surface area contributed by atoms with Gasteiger partial charge < -0.3 is 5.73 Å². The molecule has 0 heterocycles. The number of amides is 2. The predicted octanol–water partition coefficient (Wildman–Crippen LogP) is 1.73. The quantitative estimate of drug-likeness (QED) is 0.568. The van der Waals surface area contributed by atoms with Gasteiger partial charge >= 0.3 is 6.03 Å². The Kier molecular flexibility index (Phi) is 3.48. The standard InChI is InChI=1S/C9H10ClN3O/c1-6(12-13-9(11)14)7-4-2-3-5-8(7)10/h2-5H,1H3,(H3,11,13,14)/b12-6+. The maximum absolute atomic E-state index is 10.4. The summed E-state index contributed by atoms with van der Waals surface area (Å²) in [6.07, 6.45) is 0. The third-order valence-corrected chi connectivity index (χ3v) is 1.93. The lowest BCUT2D eigenvalue weighted by atomic mass is 10.1. The Bertz CT molecular complexity index is 376. The molecule has 0 aliphatic heterocycles. The number of carbonyl (C=O) groups excluding carboxylic acids is 1. The van der Waals surface area contributed by atoms with Gasteiger partial charge in [-0.3, -0.25) is 0 Å². The van der Waals surface area contributed by atoms with Crippen LogP contribution in [-0.2, 0) is 0 Å². The zero-order valence-electron chi connectivity index (χ0n) is 7.62. The second kappa shape index (κ2) is 4.62. The predicted molar refractivity (Wildman–Crippen MR) is 56.4 cm³/mol. The molecule has 0 aliphatic rings. The zero-order chi connectivity index (χ0) is 10.6. The van der Waals surface area contributed by atoms with Crippen LogP contribution in [0.2, 0.25) is 5.02 Å². The normalized spacial score (nSPS) is 11.1. The minimum atomic E-state index is -0.698. The lowest BCUT2D eigenvalue weighted by Crippen LogP contribution is -2.25. The number of rotatable bonds is 2. The Morgan fingerprint density at radius 2 is 2.14 bits per heavy atom. The van der Waals surface area contributed by atoms with Crippen LogP contribution < -0.4 is 11.2 Å². The maximum atomic E-state index is 10.4. The molecule has 1 rings (SSSR count). The summed E-state index contributed by atoms with van der Waals surface area (Å²) < 4.78 is 0. The van der Waals surface area contributed by atoms with E-state index < -0.39 is 6.03 Å². The van der Waals surface area contributed by atoms with Gasteiger partial charge in [-0.1, -0.05) is 29.8 Å². The lowest BCUT2D eigenvalue weighted by molar-refractivity contribution is 0.249. The van der Waals surface area contributed by atoms with Crippen LogP contribution in [-0.4, -0.2) is 11.7 Å². The Morgan fingerprint density at radius 3 is 2.71 bits per heavy atom. The molecule has 0 saturated heterocycles. The minimum absolute atomic E-state index is 0.583. The smallest absolute Gasteiger partial charge is 0.332 e. The molecule has 0 aromatic heterocycles. The topological polar surface area (TPSA) is 67.5 Å². The number of urea groups is 1. The summed E-state index contributed by atoms with van der Waals surface area (Å²) in [4.78, 5) is 10.4. The molecule has 3 N–H and O–H groups in total. The number of hydrogen-bond acceptors (Lipinski definition) is 2. The van der Waals surface area contributed by atoms with Gasteiger partial charge in [0.2, 0.25) is 0 Å². The highest BCUT2D eigenvalue weighted by Crippen LogP contribution is 2.15. The molecule has 0 atom stereocenters. The number of nitrogens with zero attached hydrogens (tertiary/aromatic N) is 1. The largest absolute Gasteiger partial charge is 0.350 e. The molecule has 2 amide bonds. The zero-order valence-corrected chi connectivity index (χ0v) is 8.38. The molecule has 1 aromatic carbocycles. The summed E-state index contributed by atoms with van der Waals surface area (Å²) in [5.41, 5.74) is 8.38. The van der Waals surface area contributed by atoms with E-state index in [1.165, 1.54) is 0 Å². The van der Waals surface area contributed by atoms with Gasteiger partial charge in [0.25, 0.3) is 0 Å². The third kappa shape index (κ3) is 2.74. The van der Waals surface area contributed by atoms with Crippen LogP contribution in [0.25, 0.3) is 0 Å². The molecule has 0 spiro atoms. The van der Waals surface area contributed by atoms with Crippen molar-refractivity contribution in [3.8, 4) is 0 Å². The van der Waals surface area contributed by atoms with E-state index in [0.717, 1.165) is 5.56 Å².